The minimum absolute atomic E-state index is 0.00522. The van der Waals surface area contributed by atoms with Crippen LogP contribution in [-0.2, 0) is 4.79 Å². The molecule has 2 amide bonds. The van der Waals surface area contributed by atoms with E-state index in [1.165, 1.54) is 4.90 Å². The summed E-state index contributed by atoms with van der Waals surface area (Å²) < 4.78 is 0. The number of hydrogen-bond acceptors (Lipinski definition) is 3. The summed E-state index contributed by atoms with van der Waals surface area (Å²) in [4.78, 5) is 23.8. The summed E-state index contributed by atoms with van der Waals surface area (Å²) in [6.45, 7) is 7.49. The summed E-state index contributed by atoms with van der Waals surface area (Å²) >= 11 is 0. The van der Waals surface area contributed by atoms with E-state index in [1.807, 2.05) is 0 Å². The molecule has 0 bridgehead atoms. The van der Waals surface area contributed by atoms with E-state index in [2.05, 4.69) is 11.9 Å². The number of nitrogens with one attached hydrogen (secondary N) is 1. The van der Waals surface area contributed by atoms with Crippen LogP contribution in [0.5, 0.6) is 0 Å². The minimum Gasteiger partial charge on any atom is -0.481 e. The van der Waals surface area contributed by atoms with Crippen LogP contribution in [0.2, 0.25) is 0 Å². The molecule has 0 aliphatic heterocycles. The number of carboxylic acids is 1. The van der Waals surface area contributed by atoms with E-state index in [-0.39, 0.29) is 25.6 Å². The Morgan fingerprint density at radius 1 is 1.44 bits per heavy atom. The Bertz CT molecular complexity index is 302. The molecule has 0 spiro atoms. The van der Waals surface area contributed by atoms with Crippen molar-refractivity contribution in [3.63, 3.8) is 0 Å². The lowest BCUT2D eigenvalue weighted by Crippen LogP contribution is -2.50. The Kier molecular flexibility index (Phi) is 7.04. The fourth-order valence-corrected chi connectivity index (χ4v) is 1.40. The van der Waals surface area contributed by atoms with Crippen LogP contribution in [0.1, 0.15) is 26.7 Å². The van der Waals surface area contributed by atoms with E-state index in [9.17, 15) is 9.59 Å². The average molecular weight is 258 g/mol. The molecule has 6 nitrogen and oxygen atoms in total. The van der Waals surface area contributed by atoms with Gasteiger partial charge in [0.15, 0.2) is 0 Å². The number of hydrogen-bond donors (Lipinski definition) is 3. The van der Waals surface area contributed by atoms with Crippen LogP contribution in [0, 0.1) is 0 Å². The number of rotatable bonds is 8. The maximum absolute atomic E-state index is 11.9. The highest BCUT2D eigenvalue weighted by Crippen LogP contribution is 2.11. The smallest absolute Gasteiger partial charge is 0.318 e. The Morgan fingerprint density at radius 3 is 2.50 bits per heavy atom. The fraction of sp³-hybridized carbons (Fsp3) is 0.667. The van der Waals surface area contributed by atoms with Crippen molar-refractivity contribution in [2.24, 2.45) is 0 Å². The van der Waals surface area contributed by atoms with Crippen molar-refractivity contribution in [3.8, 4) is 0 Å². The SMILES string of the molecule is C=CCN(CCO)C(=O)NC(C)(C)CCC(=O)O. The maximum atomic E-state index is 11.9. The molecule has 0 aromatic heterocycles. The van der Waals surface area contributed by atoms with Crippen molar-refractivity contribution in [2.75, 3.05) is 19.7 Å². The van der Waals surface area contributed by atoms with Crippen LogP contribution in [0.15, 0.2) is 12.7 Å². The predicted molar refractivity (Wildman–Crippen MR) is 68.3 cm³/mol. The molecule has 6 heteroatoms. The molecule has 0 radical (unpaired) electrons. The number of carboxylic acid groups (broad SMARTS) is 1. The second-order valence-corrected chi connectivity index (χ2v) is 4.67. The Morgan fingerprint density at radius 2 is 2.06 bits per heavy atom. The van der Waals surface area contributed by atoms with Gasteiger partial charge in [0.2, 0.25) is 0 Å². The molecule has 0 saturated heterocycles. The number of aliphatic hydroxyl groups is 1. The largest absolute Gasteiger partial charge is 0.481 e. The first kappa shape index (κ1) is 16.4. The van der Waals surface area contributed by atoms with Crippen LogP contribution < -0.4 is 5.32 Å². The molecule has 0 fully saturated rings. The van der Waals surface area contributed by atoms with Gasteiger partial charge in [0.05, 0.1) is 6.61 Å². The first-order valence-corrected chi connectivity index (χ1v) is 5.83. The number of amides is 2. The number of carbonyl (C=O) groups excluding carboxylic acids is 1. The van der Waals surface area contributed by atoms with E-state index >= 15 is 0 Å². The molecule has 0 heterocycles. The fourth-order valence-electron chi connectivity index (χ4n) is 1.40. The third kappa shape index (κ3) is 6.90. The third-order valence-corrected chi connectivity index (χ3v) is 2.42. The van der Waals surface area contributed by atoms with Gasteiger partial charge in [-0.25, -0.2) is 4.79 Å². The Hall–Kier alpha value is -1.56. The number of nitrogens with zero attached hydrogens (tertiary/aromatic N) is 1. The molecule has 0 unspecified atom stereocenters. The van der Waals surface area contributed by atoms with Crippen LogP contribution in [0.25, 0.3) is 0 Å². The molecule has 0 saturated carbocycles. The number of carbonyl (C=O) groups is 2. The molecule has 18 heavy (non-hydrogen) atoms. The highest BCUT2D eigenvalue weighted by molar-refractivity contribution is 5.75. The quantitative estimate of drug-likeness (QED) is 0.562. The van der Waals surface area contributed by atoms with Crippen molar-refractivity contribution < 1.29 is 19.8 Å². The van der Waals surface area contributed by atoms with Gasteiger partial charge in [0, 0.05) is 25.0 Å². The highest BCUT2D eigenvalue weighted by atomic mass is 16.4. The standard InChI is InChI=1S/C12H22N2O4/c1-4-7-14(8-9-15)11(18)13-12(2,3)6-5-10(16)17/h4,15H,1,5-9H2,2-3H3,(H,13,18)(H,16,17). The molecule has 0 aromatic carbocycles. The minimum atomic E-state index is -0.893. The molecular weight excluding hydrogens is 236 g/mol. The van der Waals surface area contributed by atoms with Gasteiger partial charge in [-0.3, -0.25) is 4.79 Å². The topological polar surface area (TPSA) is 89.9 Å². The number of aliphatic hydroxyl groups excluding tert-OH is 1. The van der Waals surface area contributed by atoms with Crippen molar-refractivity contribution in [1.29, 1.82) is 0 Å². The molecule has 0 aliphatic rings. The van der Waals surface area contributed by atoms with Crippen LogP contribution >= 0.6 is 0 Å². The van der Waals surface area contributed by atoms with E-state index in [4.69, 9.17) is 10.2 Å². The van der Waals surface area contributed by atoms with E-state index in [0.29, 0.717) is 13.0 Å². The molecule has 0 rings (SSSR count). The van der Waals surface area contributed by atoms with Crippen LogP contribution in [0.4, 0.5) is 4.79 Å². The summed E-state index contributed by atoms with van der Waals surface area (Å²) in [5, 5.41) is 20.2. The highest BCUT2D eigenvalue weighted by Gasteiger charge is 2.23. The lowest BCUT2D eigenvalue weighted by Gasteiger charge is -2.30. The zero-order valence-electron chi connectivity index (χ0n) is 11.0. The average Bonchev–Trinajstić information content (AvgIpc) is 2.25. The van der Waals surface area contributed by atoms with Crippen molar-refractivity contribution in [3.05, 3.63) is 12.7 Å². The Balaban J connectivity index is 4.39. The van der Waals surface area contributed by atoms with Crippen molar-refractivity contribution in [2.45, 2.75) is 32.2 Å². The predicted octanol–water partition coefficient (Wildman–Crippen LogP) is 0.820. The summed E-state index contributed by atoms with van der Waals surface area (Å²) in [6, 6.07) is -0.334. The molecular formula is C12H22N2O4. The number of urea groups is 1. The van der Waals surface area contributed by atoms with E-state index in [0.717, 1.165) is 0 Å². The maximum Gasteiger partial charge on any atom is 0.318 e. The van der Waals surface area contributed by atoms with Gasteiger partial charge in [0.1, 0.15) is 0 Å². The monoisotopic (exact) mass is 258 g/mol. The summed E-state index contributed by atoms with van der Waals surface area (Å²) in [5.74, 6) is -0.893. The Labute approximate surface area is 107 Å². The van der Waals surface area contributed by atoms with Gasteiger partial charge >= 0.3 is 12.0 Å². The molecule has 0 aromatic rings. The summed E-state index contributed by atoms with van der Waals surface area (Å²) in [7, 11) is 0. The van der Waals surface area contributed by atoms with Gasteiger partial charge in [-0.2, -0.15) is 0 Å². The van der Waals surface area contributed by atoms with Gasteiger partial charge in [-0.15, -0.1) is 6.58 Å². The van der Waals surface area contributed by atoms with E-state index < -0.39 is 11.5 Å². The first-order valence-electron chi connectivity index (χ1n) is 5.83. The molecule has 0 atom stereocenters. The zero-order valence-corrected chi connectivity index (χ0v) is 11.0. The van der Waals surface area contributed by atoms with Crippen molar-refractivity contribution in [1.82, 2.24) is 10.2 Å². The molecule has 3 N–H and O–H groups in total. The van der Waals surface area contributed by atoms with Gasteiger partial charge in [-0.1, -0.05) is 6.08 Å². The number of aliphatic carboxylic acids is 1. The van der Waals surface area contributed by atoms with Crippen LogP contribution in [-0.4, -0.2) is 52.3 Å². The molecule has 0 aliphatic carbocycles. The lowest BCUT2D eigenvalue weighted by molar-refractivity contribution is -0.137. The second kappa shape index (κ2) is 7.71. The third-order valence-electron chi connectivity index (χ3n) is 2.42. The summed E-state index contributed by atoms with van der Waals surface area (Å²) in [6.07, 6.45) is 1.91. The van der Waals surface area contributed by atoms with Crippen LogP contribution in [0.3, 0.4) is 0 Å². The second-order valence-electron chi connectivity index (χ2n) is 4.67. The van der Waals surface area contributed by atoms with Gasteiger partial charge in [-0.05, 0) is 20.3 Å². The summed E-state index contributed by atoms with van der Waals surface area (Å²) in [5.41, 5.74) is -0.607. The lowest BCUT2D eigenvalue weighted by atomic mass is 9.99. The zero-order chi connectivity index (χ0) is 14.2. The first-order chi connectivity index (χ1) is 8.32. The molecule has 104 valence electrons. The van der Waals surface area contributed by atoms with E-state index in [1.54, 1.807) is 19.9 Å². The normalized spacial score (nSPS) is 10.8. The van der Waals surface area contributed by atoms with Gasteiger partial charge in [0.25, 0.3) is 0 Å². The van der Waals surface area contributed by atoms with Gasteiger partial charge < -0.3 is 20.4 Å². The van der Waals surface area contributed by atoms with Crippen molar-refractivity contribution >= 4 is 12.0 Å².